The number of ether oxygens (including phenoxy) is 1. The van der Waals surface area contributed by atoms with Crippen molar-refractivity contribution in [3.8, 4) is 0 Å². The Hall–Kier alpha value is -1.55. The molecule has 4 nitrogen and oxygen atoms in total. The maximum atomic E-state index is 12.5. The average molecular weight is 292 g/mol. The number of amides is 1. The van der Waals surface area contributed by atoms with Crippen LogP contribution in [0.1, 0.15) is 12.8 Å². The van der Waals surface area contributed by atoms with Gasteiger partial charge in [-0.1, -0.05) is 17.7 Å². The van der Waals surface area contributed by atoms with Crippen LogP contribution < -0.4 is 5.32 Å². The highest BCUT2D eigenvalue weighted by Gasteiger charge is 2.63. The Kier molecular flexibility index (Phi) is 2.58. The molecule has 1 N–H and O–H groups in total. The van der Waals surface area contributed by atoms with Crippen LogP contribution in [0.4, 0.5) is 5.69 Å². The zero-order valence-electron chi connectivity index (χ0n) is 10.7. The van der Waals surface area contributed by atoms with Gasteiger partial charge in [0.25, 0.3) is 0 Å². The topological polar surface area (TPSA) is 55.4 Å². The predicted octanol–water partition coefficient (Wildman–Crippen LogP) is 2.48. The van der Waals surface area contributed by atoms with Gasteiger partial charge in [-0.25, -0.2) is 0 Å². The second-order valence-electron chi connectivity index (χ2n) is 5.92. The Morgan fingerprint density at radius 1 is 1.35 bits per heavy atom. The van der Waals surface area contributed by atoms with E-state index in [2.05, 4.69) is 5.32 Å². The van der Waals surface area contributed by atoms with E-state index in [0.717, 1.165) is 12.8 Å². The van der Waals surface area contributed by atoms with Crippen LogP contribution >= 0.6 is 11.6 Å². The minimum Gasteiger partial charge on any atom is -0.462 e. The molecule has 1 aliphatic heterocycles. The minimum absolute atomic E-state index is 0.0627. The fourth-order valence-electron chi connectivity index (χ4n) is 4.16. The highest BCUT2D eigenvalue weighted by atomic mass is 35.5. The summed E-state index contributed by atoms with van der Waals surface area (Å²) in [5, 5.41) is 3.46. The quantitative estimate of drug-likeness (QED) is 0.852. The highest BCUT2D eigenvalue weighted by Crippen LogP contribution is 2.57. The molecule has 2 bridgehead atoms. The largest absolute Gasteiger partial charge is 0.462 e. The third kappa shape index (κ3) is 1.67. The smallest absolute Gasteiger partial charge is 0.310 e. The van der Waals surface area contributed by atoms with Crippen LogP contribution in [0.25, 0.3) is 0 Å². The first-order chi connectivity index (χ1) is 9.63. The summed E-state index contributed by atoms with van der Waals surface area (Å²) in [6.45, 7) is 0. The minimum atomic E-state index is -0.245. The lowest BCUT2D eigenvalue weighted by Gasteiger charge is -2.23. The summed E-state index contributed by atoms with van der Waals surface area (Å²) in [6.07, 6.45) is 1.84. The number of halogens is 1. The molecule has 3 aliphatic rings. The van der Waals surface area contributed by atoms with Gasteiger partial charge in [0, 0.05) is 16.6 Å². The van der Waals surface area contributed by atoms with E-state index < -0.39 is 0 Å². The molecular weight excluding hydrogens is 278 g/mol. The maximum Gasteiger partial charge on any atom is 0.310 e. The van der Waals surface area contributed by atoms with Crippen molar-refractivity contribution >= 4 is 29.2 Å². The lowest BCUT2D eigenvalue weighted by Crippen LogP contribution is -2.35. The number of benzene rings is 1. The van der Waals surface area contributed by atoms with Crippen LogP contribution in [-0.4, -0.2) is 18.0 Å². The number of rotatable bonds is 2. The molecule has 3 fully saturated rings. The number of anilines is 1. The van der Waals surface area contributed by atoms with Gasteiger partial charge >= 0.3 is 5.97 Å². The van der Waals surface area contributed by atoms with Gasteiger partial charge < -0.3 is 10.1 Å². The molecule has 4 rings (SSSR count). The number of fused-ring (bicyclic) bond motifs is 1. The van der Waals surface area contributed by atoms with E-state index in [0.29, 0.717) is 10.7 Å². The lowest BCUT2D eigenvalue weighted by molar-refractivity contribution is -0.145. The van der Waals surface area contributed by atoms with Crippen molar-refractivity contribution in [1.82, 2.24) is 0 Å². The van der Waals surface area contributed by atoms with E-state index in [4.69, 9.17) is 16.3 Å². The zero-order chi connectivity index (χ0) is 13.9. The van der Waals surface area contributed by atoms with Gasteiger partial charge in [-0.15, -0.1) is 0 Å². The first-order valence-corrected chi connectivity index (χ1v) is 7.28. The van der Waals surface area contributed by atoms with Crippen LogP contribution in [0.15, 0.2) is 24.3 Å². The van der Waals surface area contributed by atoms with E-state index in [1.807, 2.05) is 0 Å². The van der Waals surface area contributed by atoms with Gasteiger partial charge in [-0.05, 0) is 37.0 Å². The molecule has 104 valence electrons. The summed E-state index contributed by atoms with van der Waals surface area (Å²) in [5.41, 5.74) is 0.674. The Morgan fingerprint density at radius 3 is 3.00 bits per heavy atom. The molecule has 2 aliphatic carbocycles. The van der Waals surface area contributed by atoms with Gasteiger partial charge in [0.1, 0.15) is 6.10 Å². The molecule has 1 heterocycles. The van der Waals surface area contributed by atoms with Crippen molar-refractivity contribution in [2.24, 2.45) is 23.7 Å². The third-order valence-corrected chi connectivity index (χ3v) is 5.11. The fraction of sp³-hybridized carbons (Fsp3) is 0.467. The van der Waals surface area contributed by atoms with Crippen molar-refractivity contribution in [2.45, 2.75) is 18.9 Å². The number of hydrogen-bond acceptors (Lipinski definition) is 3. The van der Waals surface area contributed by atoms with E-state index in [1.54, 1.807) is 24.3 Å². The Labute approximate surface area is 121 Å². The zero-order valence-corrected chi connectivity index (χ0v) is 11.5. The predicted molar refractivity (Wildman–Crippen MR) is 73.2 cm³/mol. The summed E-state index contributed by atoms with van der Waals surface area (Å²) in [7, 11) is 0. The molecule has 5 heteroatoms. The maximum absolute atomic E-state index is 12.5. The van der Waals surface area contributed by atoms with E-state index in [1.165, 1.54) is 0 Å². The van der Waals surface area contributed by atoms with Crippen molar-refractivity contribution in [2.75, 3.05) is 5.32 Å². The summed E-state index contributed by atoms with van der Waals surface area (Å²) < 4.78 is 5.35. The lowest BCUT2D eigenvalue weighted by atomic mass is 9.79. The number of esters is 1. The number of hydrogen-bond donors (Lipinski definition) is 1. The number of nitrogens with one attached hydrogen (secondary N) is 1. The molecule has 0 spiro atoms. The first kappa shape index (κ1) is 12.2. The Balaban J connectivity index is 1.56. The van der Waals surface area contributed by atoms with Gasteiger partial charge in [0.2, 0.25) is 5.91 Å². The number of carbonyl (C=O) groups excluding carboxylic acids is 2. The van der Waals surface area contributed by atoms with Gasteiger partial charge in [0.15, 0.2) is 0 Å². The van der Waals surface area contributed by atoms with Gasteiger partial charge in [-0.2, -0.15) is 0 Å². The second kappa shape index (κ2) is 4.22. The highest BCUT2D eigenvalue weighted by molar-refractivity contribution is 6.30. The molecule has 1 saturated heterocycles. The van der Waals surface area contributed by atoms with Crippen LogP contribution in [-0.2, 0) is 14.3 Å². The van der Waals surface area contributed by atoms with Crippen molar-refractivity contribution in [1.29, 1.82) is 0 Å². The summed E-state index contributed by atoms with van der Waals surface area (Å²) in [4.78, 5) is 24.4. The van der Waals surface area contributed by atoms with Crippen LogP contribution in [0.3, 0.4) is 0 Å². The molecule has 0 radical (unpaired) electrons. The van der Waals surface area contributed by atoms with Crippen LogP contribution in [0.2, 0.25) is 5.02 Å². The molecule has 1 amide bonds. The summed E-state index contributed by atoms with van der Waals surface area (Å²) in [5.74, 6) is -0.222. The molecule has 2 saturated carbocycles. The normalized spacial score (nSPS) is 37.0. The van der Waals surface area contributed by atoms with E-state index in [9.17, 15) is 9.59 Å². The first-order valence-electron chi connectivity index (χ1n) is 6.90. The van der Waals surface area contributed by atoms with Crippen molar-refractivity contribution in [3.05, 3.63) is 29.3 Å². The molecule has 5 atom stereocenters. The average Bonchev–Trinajstić information content (AvgIpc) is 2.99. The summed E-state index contributed by atoms with van der Waals surface area (Å²) >= 11 is 5.91. The standard InChI is InChI=1S/C15H14ClNO3/c16-8-2-1-3-9(6-8)17-14(18)12-7-4-10-11(5-7)20-15(19)13(10)12/h1-3,6-7,10-13H,4-5H2,(H,17,18)/t7-,10-,11+,12+,13-/m0/s1. The Morgan fingerprint density at radius 2 is 2.20 bits per heavy atom. The molecule has 0 unspecified atom stereocenters. The van der Waals surface area contributed by atoms with Gasteiger partial charge in [-0.3, -0.25) is 9.59 Å². The molecule has 20 heavy (non-hydrogen) atoms. The number of carbonyl (C=O) groups is 2. The van der Waals surface area contributed by atoms with Crippen molar-refractivity contribution in [3.63, 3.8) is 0 Å². The molecular formula is C15H14ClNO3. The van der Waals surface area contributed by atoms with Gasteiger partial charge in [0.05, 0.1) is 11.8 Å². The van der Waals surface area contributed by atoms with Crippen LogP contribution in [0, 0.1) is 23.7 Å². The SMILES string of the molecule is O=C(Nc1cccc(Cl)c1)[C@@H]1[C@H]2C[C@@H]3[C@@H]1C(=O)O[C@@H]3C2. The third-order valence-electron chi connectivity index (χ3n) is 4.88. The molecule has 0 aromatic heterocycles. The van der Waals surface area contributed by atoms with Crippen molar-refractivity contribution < 1.29 is 14.3 Å². The summed E-state index contributed by atoms with van der Waals surface area (Å²) in [6, 6.07) is 7.06. The Bertz CT molecular complexity index is 601. The fourth-order valence-corrected chi connectivity index (χ4v) is 4.35. The van der Waals surface area contributed by atoms with E-state index >= 15 is 0 Å². The molecule has 1 aromatic carbocycles. The van der Waals surface area contributed by atoms with Crippen LogP contribution in [0.5, 0.6) is 0 Å². The monoisotopic (exact) mass is 291 g/mol. The second-order valence-corrected chi connectivity index (χ2v) is 6.36. The van der Waals surface area contributed by atoms with E-state index in [-0.39, 0.29) is 41.7 Å². The molecule has 1 aromatic rings.